The van der Waals surface area contributed by atoms with Gasteiger partial charge in [0.15, 0.2) is 6.61 Å². The third-order valence-electron chi connectivity index (χ3n) is 6.00. The van der Waals surface area contributed by atoms with Crippen molar-refractivity contribution in [2.75, 3.05) is 30.4 Å². The van der Waals surface area contributed by atoms with E-state index in [1.54, 1.807) is 13.0 Å². The number of hydrogen-bond acceptors (Lipinski definition) is 2. The van der Waals surface area contributed by atoms with Crippen LogP contribution in [0.2, 0.25) is 0 Å². The third-order valence-corrected chi connectivity index (χ3v) is 10.5. The molecule has 1 saturated heterocycles. The second-order valence-corrected chi connectivity index (χ2v) is 11.8. The van der Waals surface area contributed by atoms with Crippen LogP contribution in [0, 0.1) is 5.82 Å². The van der Waals surface area contributed by atoms with E-state index < -0.39 is 41.2 Å². The summed E-state index contributed by atoms with van der Waals surface area (Å²) in [4.78, 5) is 16.6. The molecule has 1 atom stereocenters. The molecular weight excluding hydrogens is 401 g/mol. The van der Waals surface area contributed by atoms with Crippen LogP contribution in [-0.2, 0) is 11.2 Å². The number of hydrogen-bond donors (Lipinski definition) is 1. The van der Waals surface area contributed by atoms with Crippen LogP contribution >= 0.6 is 10.0 Å². The van der Waals surface area contributed by atoms with Gasteiger partial charge >= 0.3 is 6.09 Å². The number of nitrogens with one attached hydrogen (secondary N) is 1. The Labute approximate surface area is 171 Å². The molecule has 0 aliphatic carbocycles. The van der Waals surface area contributed by atoms with Crippen LogP contribution in [0.5, 0.6) is 0 Å². The monoisotopic (exact) mass is 430 g/mol. The lowest BCUT2D eigenvalue weighted by atomic mass is 10.0. The number of amides is 1. The van der Waals surface area contributed by atoms with Gasteiger partial charge < -0.3 is 9.72 Å². The maximum Gasteiger partial charge on any atom is 0.410 e. The largest absolute Gasteiger partial charge is 0.443 e. The second kappa shape index (κ2) is 8.13. The van der Waals surface area contributed by atoms with Gasteiger partial charge in [0, 0.05) is 16.9 Å². The van der Waals surface area contributed by atoms with Gasteiger partial charge in [-0.05, 0) is 48.3 Å². The molecule has 4 nitrogen and oxygen atoms in total. The van der Waals surface area contributed by atoms with Crippen LogP contribution in [0.25, 0.3) is 10.9 Å². The van der Waals surface area contributed by atoms with E-state index in [0.717, 1.165) is 32.7 Å². The lowest BCUT2D eigenvalue weighted by molar-refractivity contribution is -0.112. The maximum atomic E-state index is 14.8. The second-order valence-electron chi connectivity index (χ2n) is 7.60. The molecule has 1 aliphatic rings. The first-order valence-electron chi connectivity index (χ1n) is 10.0. The Morgan fingerprint density at radius 1 is 1.24 bits per heavy atom. The SMILES string of the molecule is CCS(CC)(CC)c1[nH]c2cccc(F)c2c1C[C@@H](C)N1CC(F)(F)COC1=O. The molecule has 1 fully saturated rings. The van der Waals surface area contributed by atoms with Gasteiger partial charge in [-0.1, -0.05) is 26.8 Å². The van der Waals surface area contributed by atoms with Crippen molar-refractivity contribution in [1.82, 2.24) is 9.88 Å². The van der Waals surface area contributed by atoms with E-state index in [9.17, 15) is 18.0 Å². The number of rotatable bonds is 7. The van der Waals surface area contributed by atoms with Crippen molar-refractivity contribution in [2.45, 2.75) is 51.1 Å². The quantitative estimate of drug-likeness (QED) is 0.626. The Balaban J connectivity index is 2.08. The summed E-state index contributed by atoms with van der Waals surface area (Å²) >= 11 is 0. The van der Waals surface area contributed by atoms with Gasteiger partial charge in [0.1, 0.15) is 5.82 Å². The highest BCUT2D eigenvalue weighted by Crippen LogP contribution is 2.57. The summed E-state index contributed by atoms with van der Waals surface area (Å²) in [7, 11) is -1.22. The molecule has 3 rings (SSSR count). The van der Waals surface area contributed by atoms with Crippen molar-refractivity contribution in [3.05, 3.63) is 29.6 Å². The highest BCUT2D eigenvalue weighted by molar-refractivity contribution is 8.33. The molecule has 162 valence electrons. The molecule has 0 spiro atoms. The fourth-order valence-corrected chi connectivity index (χ4v) is 7.33. The molecule has 0 bridgehead atoms. The number of alkyl halides is 2. The van der Waals surface area contributed by atoms with Crippen molar-refractivity contribution in [3.63, 3.8) is 0 Å². The summed E-state index contributed by atoms with van der Waals surface area (Å²) in [6.45, 7) is 6.56. The van der Waals surface area contributed by atoms with Crippen LogP contribution in [-0.4, -0.2) is 58.4 Å². The number of benzene rings is 1. The number of H-pyrrole nitrogens is 1. The fourth-order valence-electron chi connectivity index (χ4n) is 4.21. The molecule has 1 aromatic carbocycles. The van der Waals surface area contributed by atoms with Gasteiger partial charge in [-0.2, -0.15) is 0 Å². The number of ether oxygens (including phenoxy) is 1. The Bertz CT molecular complexity index is 887. The molecule has 8 heteroatoms. The highest BCUT2D eigenvalue weighted by atomic mass is 32.3. The Morgan fingerprint density at radius 3 is 2.52 bits per heavy atom. The summed E-state index contributed by atoms with van der Waals surface area (Å²) in [6.07, 6.45) is -0.457. The van der Waals surface area contributed by atoms with Crippen molar-refractivity contribution < 1.29 is 22.7 Å². The number of aromatic nitrogens is 1. The summed E-state index contributed by atoms with van der Waals surface area (Å²) in [5.41, 5.74) is 1.51. The minimum absolute atomic E-state index is 0.288. The Hall–Kier alpha value is -1.83. The van der Waals surface area contributed by atoms with Gasteiger partial charge in [0.25, 0.3) is 5.92 Å². The van der Waals surface area contributed by atoms with Crippen LogP contribution in [0.4, 0.5) is 18.0 Å². The van der Waals surface area contributed by atoms with Crippen LogP contribution in [0.3, 0.4) is 0 Å². The first-order chi connectivity index (χ1) is 13.7. The molecule has 1 amide bonds. The predicted octanol–water partition coefficient (Wildman–Crippen LogP) is 5.55. The zero-order valence-corrected chi connectivity index (χ0v) is 18.2. The zero-order chi connectivity index (χ0) is 21.4. The molecule has 29 heavy (non-hydrogen) atoms. The average Bonchev–Trinajstić information content (AvgIpc) is 3.06. The first kappa shape index (κ1) is 21.9. The molecule has 0 radical (unpaired) electrons. The van der Waals surface area contributed by atoms with Crippen LogP contribution in [0.15, 0.2) is 23.2 Å². The minimum atomic E-state index is -3.08. The Morgan fingerprint density at radius 2 is 1.90 bits per heavy atom. The average molecular weight is 431 g/mol. The van der Waals surface area contributed by atoms with Crippen molar-refractivity contribution >= 4 is 27.0 Å². The lowest BCUT2D eigenvalue weighted by Gasteiger charge is -2.39. The smallest absolute Gasteiger partial charge is 0.410 e. The lowest BCUT2D eigenvalue weighted by Crippen LogP contribution is -2.53. The minimum Gasteiger partial charge on any atom is -0.443 e. The van der Waals surface area contributed by atoms with Gasteiger partial charge in [0.05, 0.1) is 11.6 Å². The molecule has 2 heterocycles. The van der Waals surface area contributed by atoms with E-state index in [0.29, 0.717) is 10.9 Å². The van der Waals surface area contributed by atoms with Gasteiger partial charge in [0.2, 0.25) is 0 Å². The van der Waals surface area contributed by atoms with Crippen LogP contribution in [0.1, 0.15) is 33.3 Å². The normalized spacial score (nSPS) is 18.7. The summed E-state index contributed by atoms with van der Waals surface area (Å²) in [5.74, 6) is -0.587. The van der Waals surface area contributed by atoms with Crippen molar-refractivity contribution in [1.29, 1.82) is 0 Å². The summed E-state index contributed by atoms with van der Waals surface area (Å²) < 4.78 is 47.2. The number of nitrogens with zero attached hydrogens (tertiary/aromatic N) is 1. The molecule has 1 aliphatic heterocycles. The van der Waals surface area contributed by atoms with E-state index in [-0.39, 0.29) is 12.2 Å². The fraction of sp³-hybridized carbons (Fsp3) is 0.571. The number of carbonyl (C=O) groups is 1. The topological polar surface area (TPSA) is 45.3 Å². The summed E-state index contributed by atoms with van der Waals surface area (Å²) in [5, 5.41) is 1.52. The zero-order valence-electron chi connectivity index (χ0n) is 17.4. The standard InChI is InChI=1S/C21H29F3N2O2S/c1-5-29(6-2,7-3)19-15(18-16(22)9-8-10-17(18)25-19)11-14(4)26-12-21(23,24)13-28-20(26)27/h8-10,14,25H,5-7,11-13H2,1-4H3/t14-/m1/s1. The number of fused-ring (bicyclic) bond motifs is 1. The van der Waals surface area contributed by atoms with Gasteiger partial charge in [-0.3, -0.25) is 4.90 Å². The van der Waals surface area contributed by atoms with E-state index in [1.807, 2.05) is 6.07 Å². The number of carbonyl (C=O) groups excluding carboxylic acids is 1. The highest BCUT2D eigenvalue weighted by Gasteiger charge is 2.43. The van der Waals surface area contributed by atoms with Crippen LogP contribution < -0.4 is 0 Å². The molecular formula is C21H29F3N2O2S. The van der Waals surface area contributed by atoms with Crippen molar-refractivity contribution in [2.24, 2.45) is 0 Å². The molecule has 0 unspecified atom stereocenters. The number of cyclic esters (lactones) is 1. The molecule has 0 saturated carbocycles. The van der Waals surface area contributed by atoms with E-state index in [1.165, 1.54) is 6.07 Å². The molecule has 2 aromatic rings. The molecule has 1 aromatic heterocycles. The number of aromatic amines is 1. The van der Waals surface area contributed by atoms with E-state index in [2.05, 4.69) is 30.5 Å². The van der Waals surface area contributed by atoms with Gasteiger partial charge in [-0.25, -0.2) is 28.0 Å². The number of halogens is 3. The summed E-state index contributed by atoms with van der Waals surface area (Å²) in [6, 6.07) is 4.37. The predicted molar refractivity (Wildman–Crippen MR) is 112 cm³/mol. The first-order valence-corrected chi connectivity index (χ1v) is 12.2. The Kier molecular flexibility index (Phi) is 6.13. The van der Waals surface area contributed by atoms with E-state index >= 15 is 0 Å². The third kappa shape index (κ3) is 3.96. The molecule has 1 N–H and O–H groups in total. The maximum absolute atomic E-state index is 14.8. The van der Waals surface area contributed by atoms with Crippen molar-refractivity contribution in [3.8, 4) is 0 Å². The van der Waals surface area contributed by atoms with E-state index in [4.69, 9.17) is 0 Å². The van der Waals surface area contributed by atoms with Gasteiger partial charge in [-0.15, -0.1) is 0 Å².